The molecule has 482 valence electrons. The second-order valence-electron chi connectivity index (χ2n) is 27.9. The number of hydrogen-bond acceptors (Lipinski definition) is 10. The third-order valence-corrected chi connectivity index (χ3v) is 14.3. The molecule has 0 radical (unpaired) electrons. The highest BCUT2D eigenvalue weighted by molar-refractivity contribution is 5.83. The molecule has 80 heavy (non-hydrogen) atoms. The first-order valence-electron chi connectivity index (χ1n) is 32.0. The van der Waals surface area contributed by atoms with Crippen LogP contribution < -0.4 is 0 Å². The lowest BCUT2D eigenvalue weighted by atomic mass is 9.77. The smallest absolute Gasteiger partial charge is 0.310 e. The van der Waals surface area contributed by atoms with Crippen LogP contribution in [0.3, 0.4) is 0 Å². The second kappa shape index (κ2) is 54.2. The van der Waals surface area contributed by atoms with Gasteiger partial charge in [0.2, 0.25) is 0 Å². The molecule has 0 fully saturated rings. The first-order chi connectivity index (χ1) is 36.6. The van der Waals surface area contributed by atoms with Gasteiger partial charge in [0, 0.05) is 11.8 Å². The van der Waals surface area contributed by atoms with E-state index in [1.165, 1.54) is 52.7 Å². The number of hydrogen-bond donors (Lipinski definition) is 0. The van der Waals surface area contributed by atoms with Gasteiger partial charge in [-0.2, -0.15) is 0 Å². The van der Waals surface area contributed by atoms with E-state index in [0.29, 0.717) is 42.7 Å². The van der Waals surface area contributed by atoms with Crippen LogP contribution in [0.5, 0.6) is 0 Å². The van der Waals surface area contributed by atoms with Crippen molar-refractivity contribution >= 4 is 35.9 Å². The topological polar surface area (TPSA) is 139 Å². The number of methoxy groups -OCH3 is 2. The second-order valence-corrected chi connectivity index (χ2v) is 27.9. The van der Waals surface area contributed by atoms with E-state index in [2.05, 4.69) is 145 Å². The van der Waals surface area contributed by atoms with E-state index in [0.717, 1.165) is 54.1 Å². The third-order valence-electron chi connectivity index (χ3n) is 14.3. The molecule has 0 saturated carbocycles. The molecule has 0 bridgehead atoms. The maximum atomic E-state index is 12.0. The molecule has 0 heterocycles. The van der Waals surface area contributed by atoms with Crippen molar-refractivity contribution in [3.05, 3.63) is 0 Å². The minimum absolute atomic E-state index is 0.0407. The van der Waals surface area contributed by atoms with Crippen LogP contribution in [0.25, 0.3) is 0 Å². The summed E-state index contributed by atoms with van der Waals surface area (Å²) in [5.74, 6) is 6.19. The SMILES string of the molecule is CC(=O)C(C(C)C)C(C)C.CC(C)CC(C)C(C)C.CC(C)CC(C=O)C(C)C.CC(C)CCC(C)C.CC(C)CCCC(C)C.CCOC(=O)C(C(C)C)C(C(=O)OCC)C(C)C.COC(=O)C(C(C)C)C(C(=O)OC)C(C)C. The van der Waals surface area contributed by atoms with Crippen molar-refractivity contribution in [3.63, 3.8) is 0 Å². The lowest BCUT2D eigenvalue weighted by Crippen LogP contribution is -2.39. The maximum Gasteiger partial charge on any atom is 0.310 e. The normalized spacial score (nSPS) is 13.5. The monoisotopic (exact) mass is 1140 g/mol. The predicted molar refractivity (Wildman–Crippen MR) is 344 cm³/mol. The van der Waals surface area contributed by atoms with Crippen molar-refractivity contribution in [2.24, 2.45) is 124 Å². The van der Waals surface area contributed by atoms with E-state index in [1.807, 2.05) is 55.4 Å². The number of aldehydes is 1. The number of ketones is 1. The average Bonchev–Trinajstić information content (AvgIpc) is 3.30. The molecule has 0 aromatic heterocycles. The Kier molecular flexibility index (Phi) is 61.6. The zero-order chi connectivity index (χ0) is 64.9. The van der Waals surface area contributed by atoms with E-state index < -0.39 is 23.7 Å². The van der Waals surface area contributed by atoms with Crippen LogP contribution in [-0.4, -0.2) is 63.4 Å². The van der Waals surface area contributed by atoms with Gasteiger partial charge in [-0.3, -0.25) is 24.0 Å². The summed E-state index contributed by atoms with van der Waals surface area (Å²) < 4.78 is 19.7. The molecule has 0 spiro atoms. The van der Waals surface area contributed by atoms with Gasteiger partial charge in [0.05, 0.1) is 51.1 Å². The van der Waals surface area contributed by atoms with Crippen molar-refractivity contribution in [2.45, 2.75) is 267 Å². The summed E-state index contributed by atoms with van der Waals surface area (Å²) in [6, 6.07) is 0. The van der Waals surface area contributed by atoms with E-state index in [4.69, 9.17) is 18.9 Å². The quantitative estimate of drug-likeness (QED) is 0.0404. The summed E-state index contributed by atoms with van der Waals surface area (Å²) in [6.07, 6.45) is 10.5. The number of carbonyl (C=O) groups excluding carboxylic acids is 6. The molecule has 0 aliphatic rings. The summed E-state index contributed by atoms with van der Waals surface area (Å²) >= 11 is 0. The highest BCUT2D eigenvalue weighted by Gasteiger charge is 2.41. The van der Waals surface area contributed by atoms with Crippen LogP contribution in [0.2, 0.25) is 0 Å². The standard InChI is InChI=1S/C14H26O4.C12H22O4.2C9H18O.2C9H20.C8H18/c1-7-17-13(15)11(9(3)4)12(10(5)6)14(16)18-8-2;1-7(2)9(11(13)15-5)10(8(3)4)12(14)16-6;1-7(2)5-9(6-10)8(3)4;1-6(2)9(7(3)4)8(5)10;1-7(2)6-9(5)8(3)4;1-8(2)6-5-7-9(3)4;1-7(2)5-6-8(3)4/h9-12H,7-8H2,1-6H3;7-10H,1-6H3;6-9H,5H2,1-4H3;6-7,9H,1-5H3;7-9H,6H2,1-5H3;8-9H,5-7H2,1-4H3;7-8H,5-6H2,1-4H3. The Labute approximate surface area is 499 Å². The molecule has 10 nitrogen and oxygen atoms in total. The molecule has 6 atom stereocenters. The summed E-state index contributed by atoms with van der Waals surface area (Å²) in [5.41, 5.74) is 0. The van der Waals surface area contributed by atoms with Crippen LogP contribution in [0.15, 0.2) is 0 Å². The first-order valence-corrected chi connectivity index (χ1v) is 32.0. The van der Waals surface area contributed by atoms with E-state index >= 15 is 0 Å². The van der Waals surface area contributed by atoms with E-state index in [1.54, 1.807) is 20.8 Å². The Hall–Kier alpha value is -2.78. The lowest BCUT2D eigenvalue weighted by molar-refractivity contribution is -0.164. The minimum Gasteiger partial charge on any atom is -0.469 e. The molecule has 0 aromatic carbocycles. The zero-order valence-corrected chi connectivity index (χ0v) is 59.6. The highest BCUT2D eigenvalue weighted by atomic mass is 16.5. The fourth-order valence-electron chi connectivity index (χ4n) is 9.44. The molecular formula is C70H142O10. The van der Waals surface area contributed by atoms with Crippen molar-refractivity contribution in [3.8, 4) is 0 Å². The predicted octanol–water partition coefficient (Wildman–Crippen LogP) is 19.4. The van der Waals surface area contributed by atoms with Crippen LogP contribution in [0.1, 0.15) is 267 Å². The van der Waals surface area contributed by atoms with Gasteiger partial charge in [0.1, 0.15) is 12.1 Å². The third kappa shape index (κ3) is 53.2. The van der Waals surface area contributed by atoms with Gasteiger partial charge >= 0.3 is 23.9 Å². The number of rotatable bonds is 29. The largest absolute Gasteiger partial charge is 0.469 e. The average molecular weight is 1140 g/mol. The van der Waals surface area contributed by atoms with Crippen molar-refractivity contribution < 1.29 is 47.7 Å². The van der Waals surface area contributed by atoms with Gasteiger partial charge in [0.15, 0.2) is 0 Å². The molecule has 6 unspecified atom stereocenters. The number of esters is 4. The van der Waals surface area contributed by atoms with Gasteiger partial charge in [0.25, 0.3) is 0 Å². The summed E-state index contributed by atoms with van der Waals surface area (Å²) in [4.78, 5) is 68.9. The molecule has 0 amide bonds. The molecule has 0 saturated heterocycles. The van der Waals surface area contributed by atoms with Gasteiger partial charge in [-0.1, -0.05) is 233 Å². The minimum atomic E-state index is -0.447. The summed E-state index contributed by atoms with van der Waals surface area (Å²) in [7, 11) is 2.68. The Morgan fingerprint density at radius 3 is 0.725 bits per heavy atom. The van der Waals surface area contributed by atoms with Crippen LogP contribution in [-0.2, 0) is 47.7 Å². The molecule has 0 aliphatic heterocycles. The fraction of sp³-hybridized carbons (Fsp3) is 0.914. The Morgan fingerprint density at radius 2 is 0.600 bits per heavy atom. The van der Waals surface area contributed by atoms with Crippen LogP contribution in [0.4, 0.5) is 0 Å². The molecule has 0 aliphatic carbocycles. The van der Waals surface area contributed by atoms with Gasteiger partial charge in [-0.15, -0.1) is 0 Å². The Morgan fingerprint density at radius 1 is 0.338 bits per heavy atom. The number of ether oxygens (including phenoxy) is 4. The fourth-order valence-corrected chi connectivity index (χ4v) is 9.44. The number of Topliss-reactive ketones (excluding diaryl/α,β-unsaturated/α-hetero) is 1. The maximum absolute atomic E-state index is 12.0. The molecule has 0 aromatic rings. The Balaban J connectivity index is -0.000000159. The Bertz CT molecular complexity index is 1390. The summed E-state index contributed by atoms with van der Waals surface area (Å²) in [5, 5.41) is 0. The van der Waals surface area contributed by atoms with Crippen molar-refractivity contribution in [1.29, 1.82) is 0 Å². The molecular weight excluding hydrogens is 1000 g/mol. The number of carbonyl (C=O) groups is 6. The summed E-state index contributed by atoms with van der Waals surface area (Å²) in [6.45, 7) is 67.9. The van der Waals surface area contributed by atoms with Gasteiger partial charge < -0.3 is 23.7 Å². The van der Waals surface area contributed by atoms with Gasteiger partial charge in [-0.25, -0.2) is 0 Å². The van der Waals surface area contributed by atoms with E-state index in [-0.39, 0.29) is 59.4 Å². The van der Waals surface area contributed by atoms with Crippen molar-refractivity contribution in [2.75, 3.05) is 27.4 Å². The molecule has 0 rings (SSSR count). The van der Waals surface area contributed by atoms with E-state index in [9.17, 15) is 28.8 Å². The molecule has 0 N–H and O–H groups in total. The lowest BCUT2D eigenvalue weighted by Gasteiger charge is -2.29. The first kappa shape index (κ1) is 91.0. The van der Waals surface area contributed by atoms with Crippen LogP contribution in [0, 0.1) is 124 Å². The van der Waals surface area contributed by atoms with Gasteiger partial charge in [-0.05, 0) is 122 Å². The zero-order valence-electron chi connectivity index (χ0n) is 59.6. The van der Waals surface area contributed by atoms with Crippen molar-refractivity contribution in [1.82, 2.24) is 0 Å². The van der Waals surface area contributed by atoms with Crippen LogP contribution >= 0.6 is 0 Å². The highest BCUT2D eigenvalue weighted by Crippen LogP contribution is 2.31. The molecule has 10 heteroatoms.